The van der Waals surface area contributed by atoms with Gasteiger partial charge in [-0.15, -0.1) is 0 Å². The Bertz CT molecular complexity index is 1670. The standard InChI is InChI=1S/C30H25NO8/c1-17-11-18(2)13-21(12-17)38-26-16-37-25-15-20(6-8-23(25)27(26)32)39-30(35)19-5-7-22-24(14-19)29(34)31(28(22)33)9-4-10-36-3/h5-8,11-16H,4,9-10H2,1-3H3. The number of hydrogen-bond acceptors (Lipinski definition) is 8. The lowest BCUT2D eigenvalue weighted by Gasteiger charge is -2.12. The van der Waals surface area contributed by atoms with Gasteiger partial charge in [0.15, 0.2) is 0 Å². The second-order valence-electron chi connectivity index (χ2n) is 9.27. The predicted octanol–water partition coefficient (Wildman–Crippen LogP) is 5.05. The van der Waals surface area contributed by atoms with Crippen LogP contribution in [0.2, 0.25) is 0 Å². The van der Waals surface area contributed by atoms with E-state index in [1.54, 1.807) is 7.11 Å². The van der Waals surface area contributed by atoms with E-state index >= 15 is 0 Å². The number of amides is 2. The summed E-state index contributed by atoms with van der Waals surface area (Å²) in [4.78, 5) is 52.3. The molecule has 2 amide bonds. The molecule has 0 spiro atoms. The quantitative estimate of drug-likeness (QED) is 0.135. The molecule has 0 bridgehead atoms. The van der Waals surface area contributed by atoms with E-state index in [-0.39, 0.29) is 51.1 Å². The SMILES string of the molecule is COCCCN1C(=O)c2ccc(C(=O)Oc3ccc4c(=O)c(Oc5cc(C)cc(C)c5)coc4c3)cc2C1=O. The number of carbonyl (C=O) groups excluding carboxylic acids is 3. The Labute approximate surface area is 223 Å². The van der Waals surface area contributed by atoms with E-state index in [2.05, 4.69) is 0 Å². The van der Waals surface area contributed by atoms with Crippen molar-refractivity contribution in [1.82, 2.24) is 4.90 Å². The van der Waals surface area contributed by atoms with Crippen LogP contribution in [-0.2, 0) is 4.74 Å². The van der Waals surface area contributed by atoms with Crippen molar-refractivity contribution in [3.05, 3.63) is 98.9 Å². The highest BCUT2D eigenvalue weighted by Gasteiger charge is 2.35. The molecule has 5 rings (SSSR count). The minimum Gasteiger partial charge on any atom is -0.460 e. The third-order valence-corrected chi connectivity index (χ3v) is 6.28. The summed E-state index contributed by atoms with van der Waals surface area (Å²) >= 11 is 0. The largest absolute Gasteiger partial charge is 0.460 e. The zero-order valence-corrected chi connectivity index (χ0v) is 21.6. The lowest BCUT2D eigenvalue weighted by atomic mass is 10.1. The molecule has 39 heavy (non-hydrogen) atoms. The van der Waals surface area contributed by atoms with Gasteiger partial charge < -0.3 is 18.6 Å². The number of carbonyl (C=O) groups is 3. The first-order valence-electron chi connectivity index (χ1n) is 12.3. The number of esters is 1. The Morgan fingerprint density at radius 3 is 2.36 bits per heavy atom. The lowest BCUT2D eigenvalue weighted by molar-refractivity contribution is 0.0638. The van der Waals surface area contributed by atoms with Crippen LogP contribution in [-0.4, -0.2) is 42.9 Å². The molecule has 9 heteroatoms. The van der Waals surface area contributed by atoms with Crippen molar-refractivity contribution in [3.8, 4) is 17.2 Å². The average Bonchev–Trinajstić information content (AvgIpc) is 3.14. The molecular formula is C30H25NO8. The topological polar surface area (TPSA) is 112 Å². The van der Waals surface area contributed by atoms with Crippen LogP contribution >= 0.6 is 0 Å². The minimum absolute atomic E-state index is 0.0332. The summed E-state index contributed by atoms with van der Waals surface area (Å²) in [5.41, 5.74) is 2.32. The number of aryl methyl sites for hydroxylation is 2. The van der Waals surface area contributed by atoms with Gasteiger partial charge in [0.25, 0.3) is 11.8 Å². The Morgan fingerprint density at radius 1 is 0.872 bits per heavy atom. The smallest absolute Gasteiger partial charge is 0.343 e. The van der Waals surface area contributed by atoms with Gasteiger partial charge in [-0.1, -0.05) is 6.07 Å². The average molecular weight is 528 g/mol. The van der Waals surface area contributed by atoms with Gasteiger partial charge in [0.05, 0.1) is 22.1 Å². The fourth-order valence-electron chi connectivity index (χ4n) is 4.50. The molecule has 9 nitrogen and oxygen atoms in total. The molecule has 0 saturated carbocycles. The number of fused-ring (bicyclic) bond motifs is 2. The van der Waals surface area contributed by atoms with Crippen molar-refractivity contribution in [2.75, 3.05) is 20.3 Å². The number of ether oxygens (including phenoxy) is 3. The highest BCUT2D eigenvalue weighted by atomic mass is 16.5. The number of nitrogens with zero attached hydrogens (tertiary/aromatic N) is 1. The summed E-state index contributed by atoms with van der Waals surface area (Å²) < 4.78 is 21.8. The Hall–Kier alpha value is -4.76. The second kappa shape index (κ2) is 10.5. The molecule has 0 atom stereocenters. The molecule has 1 aromatic heterocycles. The van der Waals surface area contributed by atoms with Gasteiger partial charge in [0.1, 0.15) is 23.3 Å². The van der Waals surface area contributed by atoms with Gasteiger partial charge in [-0.3, -0.25) is 19.3 Å². The van der Waals surface area contributed by atoms with E-state index in [1.165, 1.54) is 42.7 Å². The molecule has 198 valence electrons. The fraction of sp³-hybridized carbons (Fsp3) is 0.200. The molecule has 3 aromatic carbocycles. The van der Waals surface area contributed by atoms with Crippen molar-refractivity contribution in [2.24, 2.45) is 0 Å². The van der Waals surface area contributed by atoms with Crippen molar-refractivity contribution >= 4 is 28.8 Å². The molecular weight excluding hydrogens is 502 g/mol. The van der Waals surface area contributed by atoms with E-state index in [0.717, 1.165) is 16.0 Å². The molecule has 2 heterocycles. The zero-order valence-electron chi connectivity index (χ0n) is 21.6. The number of benzene rings is 3. The van der Waals surface area contributed by atoms with Crippen LogP contribution in [0.3, 0.4) is 0 Å². The van der Waals surface area contributed by atoms with Gasteiger partial charge in [0.2, 0.25) is 11.2 Å². The van der Waals surface area contributed by atoms with Crippen LogP contribution in [0.15, 0.2) is 70.1 Å². The van der Waals surface area contributed by atoms with Crippen molar-refractivity contribution in [2.45, 2.75) is 20.3 Å². The lowest BCUT2D eigenvalue weighted by Crippen LogP contribution is -2.31. The monoisotopic (exact) mass is 527 g/mol. The molecule has 0 radical (unpaired) electrons. The van der Waals surface area contributed by atoms with Gasteiger partial charge >= 0.3 is 5.97 Å². The van der Waals surface area contributed by atoms with Gasteiger partial charge in [-0.2, -0.15) is 0 Å². The van der Waals surface area contributed by atoms with Gasteiger partial charge in [0, 0.05) is 26.3 Å². The first-order valence-corrected chi connectivity index (χ1v) is 12.3. The molecule has 0 fully saturated rings. The minimum atomic E-state index is -0.729. The fourth-order valence-corrected chi connectivity index (χ4v) is 4.50. The summed E-state index contributed by atoms with van der Waals surface area (Å²) in [5, 5.41) is 0.256. The van der Waals surface area contributed by atoms with E-state index in [1.807, 2.05) is 32.0 Å². The number of hydrogen-bond donors (Lipinski definition) is 0. The molecule has 4 aromatic rings. The van der Waals surface area contributed by atoms with Crippen molar-refractivity contribution < 1.29 is 33.0 Å². The summed E-state index contributed by atoms with van der Waals surface area (Å²) in [6.07, 6.45) is 1.73. The van der Waals surface area contributed by atoms with E-state index in [9.17, 15) is 19.2 Å². The third kappa shape index (κ3) is 5.17. The molecule has 1 aliphatic heterocycles. The normalized spacial score (nSPS) is 12.6. The number of imide groups is 1. The van der Waals surface area contributed by atoms with Crippen LogP contribution in [0.1, 0.15) is 48.6 Å². The maximum absolute atomic E-state index is 13.0. The number of methoxy groups -OCH3 is 1. The molecule has 0 N–H and O–H groups in total. The second-order valence-corrected chi connectivity index (χ2v) is 9.27. The maximum atomic E-state index is 13.0. The summed E-state index contributed by atoms with van der Waals surface area (Å²) in [6.45, 7) is 4.51. The first-order chi connectivity index (χ1) is 18.7. The van der Waals surface area contributed by atoms with Crippen LogP contribution in [0.4, 0.5) is 0 Å². The van der Waals surface area contributed by atoms with Crippen LogP contribution < -0.4 is 14.9 Å². The zero-order chi connectivity index (χ0) is 27.7. The highest BCUT2D eigenvalue weighted by Crippen LogP contribution is 2.27. The van der Waals surface area contributed by atoms with Gasteiger partial charge in [-0.25, -0.2) is 4.79 Å². The first kappa shape index (κ1) is 25.9. The Balaban J connectivity index is 1.33. The van der Waals surface area contributed by atoms with Crippen molar-refractivity contribution in [3.63, 3.8) is 0 Å². The van der Waals surface area contributed by atoms with E-state index < -0.39 is 17.8 Å². The summed E-state index contributed by atoms with van der Waals surface area (Å²) in [5.74, 6) is -0.901. The molecule has 1 aliphatic rings. The highest BCUT2D eigenvalue weighted by molar-refractivity contribution is 6.22. The Morgan fingerprint density at radius 2 is 1.62 bits per heavy atom. The van der Waals surface area contributed by atoms with Gasteiger partial charge in [-0.05, 0) is 73.9 Å². The van der Waals surface area contributed by atoms with E-state index in [0.29, 0.717) is 18.8 Å². The van der Waals surface area contributed by atoms with Crippen LogP contribution in [0, 0.1) is 13.8 Å². The molecule has 0 aliphatic carbocycles. The molecule has 0 unspecified atom stereocenters. The maximum Gasteiger partial charge on any atom is 0.343 e. The van der Waals surface area contributed by atoms with Crippen LogP contribution in [0.25, 0.3) is 11.0 Å². The predicted molar refractivity (Wildman–Crippen MR) is 142 cm³/mol. The Kier molecular flexibility index (Phi) is 7.00. The van der Waals surface area contributed by atoms with E-state index in [4.69, 9.17) is 18.6 Å². The summed E-state index contributed by atoms with van der Waals surface area (Å²) in [7, 11) is 1.54. The van der Waals surface area contributed by atoms with Crippen LogP contribution in [0.5, 0.6) is 17.2 Å². The van der Waals surface area contributed by atoms with Crippen molar-refractivity contribution in [1.29, 1.82) is 0 Å². The summed E-state index contributed by atoms with van der Waals surface area (Å²) in [6, 6.07) is 14.3. The number of rotatable bonds is 8. The molecule has 0 saturated heterocycles. The third-order valence-electron chi connectivity index (χ3n) is 6.28.